The van der Waals surface area contributed by atoms with Gasteiger partial charge >= 0.3 is 0 Å². The standard InChI is InChI=1S/C29H33N3O2/c1-3-10-27(31-22(2)30-26-16-19-34-20-17-26)25-15-18-32(28(33)21-25)29(23-11-6-4-7-12-23)24-13-8-5-9-14-24/h3-15,18,21-22,26,29-30H,16-17,19-20H2,1-2H3/b10-3-,31-27+. The number of allylic oxidation sites excluding steroid dienone is 2. The van der Waals surface area contributed by atoms with Gasteiger partial charge in [-0.05, 0) is 50.0 Å². The zero-order chi connectivity index (χ0) is 23.8. The molecule has 0 bridgehead atoms. The largest absolute Gasteiger partial charge is 0.381 e. The lowest BCUT2D eigenvalue weighted by atomic mass is 9.98. The van der Waals surface area contributed by atoms with E-state index in [1.807, 2.05) is 67.7 Å². The van der Waals surface area contributed by atoms with Gasteiger partial charge in [0.15, 0.2) is 0 Å². The molecule has 1 aliphatic rings. The van der Waals surface area contributed by atoms with Crippen LogP contribution >= 0.6 is 0 Å². The third kappa shape index (κ3) is 5.99. The molecule has 0 amide bonds. The Balaban J connectivity index is 1.65. The maximum Gasteiger partial charge on any atom is 0.252 e. The Kier molecular flexibility index (Phi) is 8.23. The molecule has 1 atom stereocenters. The van der Waals surface area contributed by atoms with Crippen molar-refractivity contribution in [1.82, 2.24) is 9.88 Å². The van der Waals surface area contributed by atoms with E-state index in [1.54, 1.807) is 10.6 Å². The molecule has 1 fully saturated rings. The molecule has 1 aromatic heterocycles. The monoisotopic (exact) mass is 455 g/mol. The molecule has 2 aromatic carbocycles. The van der Waals surface area contributed by atoms with Crippen molar-refractivity contribution >= 4 is 5.71 Å². The summed E-state index contributed by atoms with van der Waals surface area (Å²) >= 11 is 0. The second kappa shape index (κ2) is 11.7. The molecule has 0 aliphatic carbocycles. The third-order valence-electron chi connectivity index (χ3n) is 6.11. The zero-order valence-corrected chi connectivity index (χ0v) is 19.9. The number of rotatable bonds is 8. The highest BCUT2D eigenvalue weighted by Gasteiger charge is 2.19. The topological polar surface area (TPSA) is 55.6 Å². The molecule has 176 valence electrons. The van der Waals surface area contributed by atoms with Crippen LogP contribution in [0.5, 0.6) is 0 Å². The quantitative estimate of drug-likeness (QED) is 0.488. The van der Waals surface area contributed by atoms with Crippen LogP contribution in [0.2, 0.25) is 0 Å². The van der Waals surface area contributed by atoms with E-state index in [2.05, 4.69) is 36.5 Å². The fourth-order valence-corrected chi connectivity index (χ4v) is 4.47. The number of hydrogen-bond donors (Lipinski definition) is 1. The number of ether oxygens (including phenoxy) is 1. The lowest BCUT2D eigenvalue weighted by molar-refractivity contribution is 0.0757. The zero-order valence-electron chi connectivity index (χ0n) is 19.9. The van der Waals surface area contributed by atoms with Crippen LogP contribution < -0.4 is 10.9 Å². The summed E-state index contributed by atoms with van der Waals surface area (Å²) in [6.07, 6.45) is 7.75. The summed E-state index contributed by atoms with van der Waals surface area (Å²) in [5.74, 6) is 0. The molecule has 5 heteroatoms. The van der Waals surface area contributed by atoms with Crippen molar-refractivity contribution in [2.75, 3.05) is 13.2 Å². The Morgan fingerprint density at radius 3 is 2.21 bits per heavy atom. The lowest BCUT2D eigenvalue weighted by Crippen LogP contribution is -2.39. The van der Waals surface area contributed by atoms with E-state index in [0.29, 0.717) is 6.04 Å². The van der Waals surface area contributed by atoms with Gasteiger partial charge < -0.3 is 9.30 Å². The van der Waals surface area contributed by atoms with Gasteiger partial charge in [-0.15, -0.1) is 0 Å². The Labute approximate surface area is 201 Å². The molecule has 0 spiro atoms. The van der Waals surface area contributed by atoms with E-state index < -0.39 is 0 Å². The van der Waals surface area contributed by atoms with E-state index in [9.17, 15) is 4.79 Å². The van der Waals surface area contributed by atoms with E-state index >= 15 is 0 Å². The average molecular weight is 456 g/mol. The first kappa shape index (κ1) is 23.9. The summed E-state index contributed by atoms with van der Waals surface area (Å²) < 4.78 is 7.25. The predicted molar refractivity (Wildman–Crippen MR) is 139 cm³/mol. The van der Waals surface area contributed by atoms with Crippen molar-refractivity contribution < 1.29 is 4.74 Å². The Bertz CT molecular complexity index is 1120. The van der Waals surface area contributed by atoms with E-state index in [0.717, 1.165) is 48.5 Å². The minimum absolute atomic E-state index is 0.0573. The lowest BCUT2D eigenvalue weighted by Gasteiger charge is -2.25. The number of aromatic nitrogens is 1. The maximum atomic E-state index is 13.4. The summed E-state index contributed by atoms with van der Waals surface area (Å²) in [5.41, 5.74) is 3.70. The van der Waals surface area contributed by atoms with Crippen LogP contribution in [0.15, 0.2) is 101 Å². The van der Waals surface area contributed by atoms with E-state index in [4.69, 9.17) is 9.73 Å². The van der Waals surface area contributed by atoms with Crippen molar-refractivity contribution in [3.05, 3.63) is 118 Å². The second-order valence-corrected chi connectivity index (χ2v) is 8.63. The van der Waals surface area contributed by atoms with Crippen molar-refractivity contribution in [1.29, 1.82) is 0 Å². The van der Waals surface area contributed by atoms with Crippen LogP contribution in [0.25, 0.3) is 0 Å². The molecule has 1 unspecified atom stereocenters. The van der Waals surface area contributed by atoms with Crippen LogP contribution in [0.1, 0.15) is 49.4 Å². The van der Waals surface area contributed by atoms with Gasteiger partial charge in [-0.25, -0.2) is 0 Å². The fourth-order valence-electron chi connectivity index (χ4n) is 4.47. The van der Waals surface area contributed by atoms with Crippen LogP contribution in [0.4, 0.5) is 0 Å². The Hall–Kier alpha value is -3.28. The van der Waals surface area contributed by atoms with Crippen molar-refractivity contribution in [3.63, 3.8) is 0 Å². The molecule has 34 heavy (non-hydrogen) atoms. The second-order valence-electron chi connectivity index (χ2n) is 8.63. The normalized spacial score (nSPS) is 16.3. The number of pyridine rings is 1. The summed E-state index contributed by atoms with van der Waals surface area (Å²) in [6, 6.07) is 24.2. The molecule has 1 aliphatic heterocycles. The first-order chi connectivity index (χ1) is 16.7. The molecule has 5 nitrogen and oxygen atoms in total. The Morgan fingerprint density at radius 2 is 1.65 bits per heavy atom. The van der Waals surface area contributed by atoms with Crippen LogP contribution in [-0.2, 0) is 4.74 Å². The molecular formula is C29H33N3O2. The number of hydrogen-bond acceptors (Lipinski definition) is 4. The molecular weight excluding hydrogens is 422 g/mol. The van der Waals surface area contributed by atoms with Gasteiger partial charge in [0, 0.05) is 37.1 Å². The van der Waals surface area contributed by atoms with Gasteiger partial charge in [0.05, 0.1) is 17.9 Å². The van der Waals surface area contributed by atoms with Gasteiger partial charge in [0.25, 0.3) is 5.56 Å². The minimum Gasteiger partial charge on any atom is -0.381 e. The van der Waals surface area contributed by atoms with Crippen molar-refractivity contribution in [2.24, 2.45) is 4.99 Å². The summed E-state index contributed by atoms with van der Waals surface area (Å²) in [5, 5.41) is 3.58. The summed E-state index contributed by atoms with van der Waals surface area (Å²) in [4.78, 5) is 18.3. The maximum absolute atomic E-state index is 13.4. The van der Waals surface area contributed by atoms with Gasteiger partial charge in [-0.2, -0.15) is 0 Å². The molecule has 0 saturated carbocycles. The molecule has 3 aromatic rings. The first-order valence-electron chi connectivity index (χ1n) is 12.0. The van der Waals surface area contributed by atoms with Crippen LogP contribution in [0.3, 0.4) is 0 Å². The van der Waals surface area contributed by atoms with Gasteiger partial charge in [-0.1, -0.05) is 66.7 Å². The molecule has 1 N–H and O–H groups in total. The summed E-state index contributed by atoms with van der Waals surface area (Å²) in [7, 11) is 0. The summed E-state index contributed by atoms with van der Waals surface area (Å²) in [6.45, 7) is 5.60. The Morgan fingerprint density at radius 1 is 1.03 bits per heavy atom. The average Bonchev–Trinajstić information content (AvgIpc) is 2.87. The van der Waals surface area contributed by atoms with Crippen molar-refractivity contribution in [3.8, 4) is 0 Å². The molecule has 2 heterocycles. The number of nitrogens with one attached hydrogen (secondary N) is 1. The molecule has 4 rings (SSSR count). The molecule has 1 saturated heterocycles. The van der Waals surface area contributed by atoms with Crippen LogP contribution in [-0.4, -0.2) is 35.7 Å². The SMILES string of the molecule is C/C=C\C(=N/C(C)NC1CCOCC1)c1ccn(C(c2ccccc2)c2ccccc2)c(=O)c1. The van der Waals surface area contributed by atoms with Crippen molar-refractivity contribution in [2.45, 2.75) is 44.9 Å². The number of aliphatic imine (C=N–C) groups is 1. The highest BCUT2D eigenvalue weighted by atomic mass is 16.5. The predicted octanol–water partition coefficient (Wildman–Crippen LogP) is 4.97. The molecule has 0 radical (unpaired) electrons. The van der Waals surface area contributed by atoms with Gasteiger partial charge in [0.2, 0.25) is 0 Å². The number of nitrogens with zero attached hydrogens (tertiary/aromatic N) is 2. The van der Waals surface area contributed by atoms with Gasteiger partial charge in [-0.3, -0.25) is 15.1 Å². The third-order valence-corrected chi connectivity index (χ3v) is 6.11. The van der Waals surface area contributed by atoms with Crippen LogP contribution in [0, 0.1) is 0 Å². The highest BCUT2D eigenvalue weighted by molar-refractivity contribution is 6.08. The number of benzene rings is 2. The highest BCUT2D eigenvalue weighted by Crippen LogP contribution is 2.25. The fraction of sp³-hybridized carbons (Fsp3) is 0.310. The minimum atomic E-state index is -0.194. The smallest absolute Gasteiger partial charge is 0.252 e. The van der Waals surface area contributed by atoms with E-state index in [-0.39, 0.29) is 17.8 Å². The van der Waals surface area contributed by atoms with Gasteiger partial charge in [0.1, 0.15) is 0 Å². The first-order valence-corrected chi connectivity index (χ1v) is 12.0. The van der Waals surface area contributed by atoms with E-state index in [1.165, 1.54) is 0 Å².